The number of carbonyl (C=O) groups is 1. The molecule has 3 aromatic rings. The zero-order valence-corrected chi connectivity index (χ0v) is 21.9. The molecule has 2 unspecified atom stereocenters. The molecular formula is C25H29F2N5O2S2. The third-order valence-electron chi connectivity index (χ3n) is 7.62. The van der Waals surface area contributed by atoms with Gasteiger partial charge in [-0.25, -0.2) is 13.8 Å². The fourth-order valence-corrected chi connectivity index (χ4v) is 7.77. The van der Waals surface area contributed by atoms with Crippen LogP contribution in [0.25, 0.3) is 9.53 Å². The maximum Gasteiger partial charge on any atom is 0.263 e. The summed E-state index contributed by atoms with van der Waals surface area (Å²) in [7, 11) is 1.93. The number of carbonyl (C=O) groups excluding carboxylic acids is 1. The van der Waals surface area contributed by atoms with E-state index in [1.54, 1.807) is 0 Å². The van der Waals surface area contributed by atoms with Gasteiger partial charge in [-0.1, -0.05) is 6.07 Å². The Morgan fingerprint density at radius 2 is 2.06 bits per heavy atom. The number of alkyl halides is 2. The topological polar surface area (TPSA) is 83.7 Å². The molecule has 36 heavy (non-hydrogen) atoms. The monoisotopic (exact) mass is 533 g/mol. The Balaban J connectivity index is 1.15. The number of benzene rings is 1. The van der Waals surface area contributed by atoms with Gasteiger partial charge in [0.25, 0.3) is 11.8 Å². The molecule has 2 aromatic heterocycles. The number of nitrogens with two attached hydrogens (primary N) is 1. The summed E-state index contributed by atoms with van der Waals surface area (Å²) in [6.07, 6.45) is 1.13. The molecule has 0 spiro atoms. The number of likely N-dealkylation sites (tertiary alicyclic amines) is 1. The van der Waals surface area contributed by atoms with Gasteiger partial charge in [0.15, 0.2) is 0 Å². The third-order valence-corrected chi connectivity index (χ3v) is 9.85. The number of rotatable bonds is 3. The summed E-state index contributed by atoms with van der Waals surface area (Å²) in [5.74, 6) is -3.41. The van der Waals surface area contributed by atoms with Crippen molar-refractivity contribution in [2.75, 3.05) is 50.5 Å². The van der Waals surface area contributed by atoms with Gasteiger partial charge in [-0.2, -0.15) is 0 Å². The van der Waals surface area contributed by atoms with E-state index in [-0.39, 0.29) is 11.9 Å². The number of amides is 1. The number of hydrogen-bond donors (Lipinski definition) is 2. The number of hydrogen-bond acceptors (Lipinski definition) is 8. The number of piperidine rings is 1. The SMILES string of the molecule is Cc1nc2sc(C(=O)N[C@H]3COc4cc(N5CC6CCN(C)CC(C5)C6(F)F)ccc4C3)c(N)c2s1. The van der Waals surface area contributed by atoms with Gasteiger partial charge in [0.05, 0.1) is 27.4 Å². The first-order chi connectivity index (χ1) is 17.2. The first-order valence-corrected chi connectivity index (χ1v) is 13.9. The largest absolute Gasteiger partial charge is 0.491 e. The zero-order valence-electron chi connectivity index (χ0n) is 20.2. The number of thiophene rings is 1. The van der Waals surface area contributed by atoms with Crippen LogP contribution in [0.5, 0.6) is 5.75 Å². The number of aromatic nitrogens is 1. The molecule has 7 nitrogen and oxygen atoms in total. The van der Waals surface area contributed by atoms with Crippen LogP contribution in [0.4, 0.5) is 20.2 Å². The molecule has 192 valence electrons. The summed E-state index contributed by atoms with van der Waals surface area (Å²) in [6, 6.07) is 5.77. The van der Waals surface area contributed by atoms with Crippen LogP contribution in [0.1, 0.15) is 26.7 Å². The summed E-state index contributed by atoms with van der Waals surface area (Å²) in [5, 5.41) is 3.98. The molecule has 3 N–H and O–H groups in total. The van der Waals surface area contributed by atoms with Crippen molar-refractivity contribution < 1.29 is 18.3 Å². The Morgan fingerprint density at radius 1 is 1.25 bits per heavy atom. The Bertz CT molecular complexity index is 1330. The highest BCUT2D eigenvalue weighted by molar-refractivity contribution is 7.29. The van der Waals surface area contributed by atoms with Crippen LogP contribution >= 0.6 is 22.7 Å². The van der Waals surface area contributed by atoms with Gasteiger partial charge in [0.1, 0.15) is 22.1 Å². The van der Waals surface area contributed by atoms with E-state index in [1.807, 2.05) is 37.1 Å². The normalized spacial score (nSPS) is 25.8. The van der Waals surface area contributed by atoms with Crippen molar-refractivity contribution in [1.82, 2.24) is 15.2 Å². The van der Waals surface area contributed by atoms with E-state index in [0.717, 1.165) is 31.5 Å². The number of halogens is 2. The average Bonchev–Trinajstić information content (AvgIpc) is 3.35. The Morgan fingerprint density at radius 3 is 2.86 bits per heavy atom. The smallest absolute Gasteiger partial charge is 0.263 e. The first-order valence-electron chi connectivity index (χ1n) is 12.2. The standard InChI is InChI=1S/C25H29F2N5O2S2/c1-13-29-24-22(35-13)20(28)21(36-24)23(33)30-17-7-14-3-4-18(8-19(14)34-12-17)32-10-15-5-6-31(2)9-16(11-32)25(15,26)27/h3-4,8,15-17H,5-7,9-12,28H2,1-2H3,(H,30,33)/t15?,16?,17-/m1/s1. The average molecular weight is 534 g/mol. The highest BCUT2D eigenvalue weighted by Crippen LogP contribution is 2.44. The number of fused-ring (bicyclic) bond motifs is 4. The fraction of sp³-hybridized carbons (Fsp3) is 0.520. The molecule has 3 atom stereocenters. The van der Waals surface area contributed by atoms with Crippen LogP contribution < -0.4 is 20.7 Å². The predicted octanol–water partition coefficient (Wildman–Crippen LogP) is 4.01. The minimum absolute atomic E-state index is 0.183. The number of nitrogens with zero attached hydrogens (tertiary/aromatic N) is 3. The summed E-state index contributed by atoms with van der Waals surface area (Å²) >= 11 is 2.81. The molecule has 6 rings (SSSR count). The molecule has 5 heterocycles. The molecule has 2 saturated heterocycles. The molecule has 3 aliphatic heterocycles. The van der Waals surface area contributed by atoms with Crippen LogP contribution in [-0.2, 0) is 6.42 Å². The lowest BCUT2D eigenvalue weighted by atomic mass is 9.84. The third kappa shape index (κ3) is 4.10. The first kappa shape index (κ1) is 23.9. The lowest BCUT2D eigenvalue weighted by molar-refractivity contribution is -0.112. The molecule has 0 radical (unpaired) electrons. The molecule has 2 fully saturated rings. The minimum atomic E-state index is -2.63. The number of nitrogen functional groups attached to an aromatic ring is 1. The minimum Gasteiger partial charge on any atom is -0.491 e. The van der Waals surface area contributed by atoms with E-state index >= 15 is 0 Å². The summed E-state index contributed by atoms with van der Waals surface area (Å²) in [5.41, 5.74) is 8.62. The van der Waals surface area contributed by atoms with Crippen molar-refractivity contribution in [3.05, 3.63) is 33.6 Å². The summed E-state index contributed by atoms with van der Waals surface area (Å²) < 4.78 is 36.8. The van der Waals surface area contributed by atoms with Crippen LogP contribution in [0, 0.1) is 18.8 Å². The van der Waals surface area contributed by atoms with Gasteiger partial charge in [-0.15, -0.1) is 22.7 Å². The van der Waals surface area contributed by atoms with Crippen molar-refractivity contribution in [3.8, 4) is 5.75 Å². The van der Waals surface area contributed by atoms with E-state index < -0.39 is 17.8 Å². The van der Waals surface area contributed by atoms with E-state index in [9.17, 15) is 13.6 Å². The van der Waals surface area contributed by atoms with E-state index in [1.165, 1.54) is 22.7 Å². The van der Waals surface area contributed by atoms with Crippen molar-refractivity contribution in [2.24, 2.45) is 11.8 Å². The Labute approximate surface area is 216 Å². The van der Waals surface area contributed by atoms with Crippen molar-refractivity contribution in [3.63, 3.8) is 0 Å². The second-order valence-electron chi connectivity index (χ2n) is 10.2. The van der Waals surface area contributed by atoms with Gasteiger partial charge >= 0.3 is 0 Å². The van der Waals surface area contributed by atoms with Crippen LogP contribution in [0.15, 0.2) is 18.2 Å². The molecule has 1 aromatic carbocycles. The second-order valence-corrected chi connectivity index (χ2v) is 12.4. The number of nitrogens with one attached hydrogen (secondary N) is 1. The second kappa shape index (κ2) is 8.81. The van der Waals surface area contributed by atoms with Crippen molar-refractivity contribution in [1.29, 1.82) is 0 Å². The summed E-state index contributed by atoms with van der Waals surface area (Å²) in [4.78, 5) is 22.8. The van der Waals surface area contributed by atoms with Gasteiger partial charge in [-0.3, -0.25) is 4.79 Å². The Kier molecular flexibility index (Phi) is 5.84. The predicted molar refractivity (Wildman–Crippen MR) is 140 cm³/mol. The van der Waals surface area contributed by atoms with Crippen molar-refractivity contribution >= 4 is 49.5 Å². The molecular weight excluding hydrogens is 504 g/mol. The number of anilines is 2. The quantitative estimate of drug-likeness (QED) is 0.530. The zero-order chi connectivity index (χ0) is 25.2. The van der Waals surface area contributed by atoms with Gasteiger partial charge < -0.3 is 25.6 Å². The summed E-state index contributed by atoms with van der Waals surface area (Å²) in [6.45, 7) is 4.06. The van der Waals surface area contributed by atoms with Crippen molar-refractivity contribution in [2.45, 2.75) is 31.7 Å². The highest BCUT2D eigenvalue weighted by Gasteiger charge is 2.53. The number of ether oxygens (including phenoxy) is 1. The molecule has 0 saturated carbocycles. The number of thiazole rings is 1. The molecule has 3 aliphatic rings. The highest BCUT2D eigenvalue weighted by atomic mass is 32.1. The van der Waals surface area contributed by atoms with Gasteiger partial charge in [0, 0.05) is 37.3 Å². The fourth-order valence-electron chi connectivity index (χ4n) is 5.67. The molecule has 0 aliphatic carbocycles. The van der Waals surface area contributed by atoms with E-state index in [4.69, 9.17) is 10.5 Å². The van der Waals surface area contributed by atoms with Gasteiger partial charge in [0.2, 0.25) is 0 Å². The lowest BCUT2D eigenvalue weighted by Crippen LogP contribution is -2.54. The molecule has 11 heteroatoms. The van der Waals surface area contributed by atoms with E-state index in [2.05, 4.69) is 15.2 Å². The number of aryl methyl sites for hydroxylation is 1. The molecule has 2 bridgehead atoms. The van der Waals surface area contributed by atoms with Crippen LogP contribution in [0.3, 0.4) is 0 Å². The molecule has 1 amide bonds. The van der Waals surface area contributed by atoms with Crippen LogP contribution in [0.2, 0.25) is 0 Å². The Hall–Kier alpha value is -2.50. The maximum atomic E-state index is 14.9. The van der Waals surface area contributed by atoms with E-state index in [0.29, 0.717) is 56.2 Å². The van der Waals surface area contributed by atoms with Gasteiger partial charge in [-0.05, 0) is 45.0 Å². The lowest BCUT2D eigenvalue weighted by Gasteiger charge is -2.43. The maximum absolute atomic E-state index is 14.9. The van der Waals surface area contributed by atoms with Crippen LogP contribution in [-0.4, -0.2) is 67.6 Å².